The van der Waals surface area contributed by atoms with Crippen LogP contribution in [0.5, 0.6) is 0 Å². The maximum Gasteiger partial charge on any atom is 0.0592 e. The van der Waals surface area contributed by atoms with Crippen LogP contribution in [0.3, 0.4) is 0 Å². The average Bonchev–Trinajstić information content (AvgIpc) is 2.25. The number of likely N-dealkylation sites (tertiary alicyclic amines) is 1. The zero-order chi connectivity index (χ0) is 10.7. The summed E-state index contributed by atoms with van der Waals surface area (Å²) in [5.74, 6) is 1.30. The molecule has 15 heavy (non-hydrogen) atoms. The number of piperidine rings is 2. The van der Waals surface area contributed by atoms with Gasteiger partial charge in [0.2, 0.25) is 0 Å². The molecule has 3 atom stereocenters. The Morgan fingerprint density at radius 1 is 1.40 bits per heavy atom. The van der Waals surface area contributed by atoms with Gasteiger partial charge < -0.3 is 15.3 Å². The summed E-state index contributed by atoms with van der Waals surface area (Å²) < 4.78 is 0. The summed E-state index contributed by atoms with van der Waals surface area (Å²) >= 11 is 0. The van der Waals surface area contributed by atoms with Crippen LogP contribution < -0.4 is 5.32 Å². The molecule has 2 rings (SSSR count). The SMILES string of the molecule is CN1CC[C@H](O)[C@@H](C[C@H]2CCCNC2)C1. The Morgan fingerprint density at radius 3 is 3.00 bits per heavy atom. The monoisotopic (exact) mass is 212 g/mol. The number of hydrogen-bond acceptors (Lipinski definition) is 3. The fourth-order valence-corrected chi connectivity index (χ4v) is 2.99. The molecule has 2 aliphatic heterocycles. The normalized spacial score (nSPS) is 39.2. The molecule has 0 bridgehead atoms. The van der Waals surface area contributed by atoms with E-state index in [1.54, 1.807) is 0 Å². The van der Waals surface area contributed by atoms with Gasteiger partial charge in [0.1, 0.15) is 0 Å². The van der Waals surface area contributed by atoms with Crippen LogP contribution >= 0.6 is 0 Å². The molecule has 0 amide bonds. The van der Waals surface area contributed by atoms with Gasteiger partial charge in [-0.1, -0.05) is 0 Å². The van der Waals surface area contributed by atoms with Crippen LogP contribution in [0.4, 0.5) is 0 Å². The molecular formula is C12H24N2O. The van der Waals surface area contributed by atoms with E-state index >= 15 is 0 Å². The molecule has 0 spiro atoms. The first-order chi connectivity index (χ1) is 7.25. The molecule has 3 heteroatoms. The number of nitrogens with zero attached hydrogens (tertiary/aromatic N) is 1. The second kappa shape index (κ2) is 5.28. The summed E-state index contributed by atoms with van der Waals surface area (Å²) in [5, 5.41) is 13.4. The van der Waals surface area contributed by atoms with Gasteiger partial charge in [-0.05, 0) is 57.7 Å². The summed E-state index contributed by atoms with van der Waals surface area (Å²) in [6.45, 7) is 4.48. The van der Waals surface area contributed by atoms with E-state index in [2.05, 4.69) is 17.3 Å². The van der Waals surface area contributed by atoms with Crippen LogP contribution in [0.1, 0.15) is 25.7 Å². The third-order valence-corrected chi connectivity index (χ3v) is 3.93. The van der Waals surface area contributed by atoms with Gasteiger partial charge in [-0.2, -0.15) is 0 Å². The molecule has 0 unspecified atom stereocenters. The molecule has 2 heterocycles. The molecule has 88 valence electrons. The van der Waals surface area contributed by atoms with Crippen molar-refractivity contribution in [1.29, 1.82) is 0 Å². The van der Waals surface area contributed by atoms with Crippen molar-refractivity contribution >= 4 is 0 Å². The third-order valence-electron chi connectivity index (χ3n) is 3.93. The number of hydrogen-bond donors (Lipinski definition) is 2. The molecule has 0 aromatic rings. The Morgan fingerprint density at radius 2 is 2.27 bits per heavy atom. The van der Waals surface area contributed by atoms with Crippen molar-refractivity contribution in [2.45, 2.75) is 31.8 Å². The highest BCUT2D eigenvalue weighted by Gasteiger charge is 2.28. The second-order valence-corrected chi connectivity index (χ2v) is 5.33. The Kier molecular flexibility index (Phi) is 4.00. The van der Waals surface area contributed by atoms with Crippen LogP contribution in [0.2, 0.25) is 0 Å². The minimum absolute atomic E-state index is 0.0527. The Labute approximate surface area is 92.8 Å². The molecule has 3 nitrogen and oxygen atoms in total. The lowest BCUT2D eigenvalue weighted by molar-refractivity contribution is 0.0228. The Balaban J connectivity index is 1.80. The van der Waals surface area contributed by atoms with E-state index in [9.17, 15) is 5.11 Å². The molecule has 0 aromatic heterocycles. The van der Waals surface area contributed by atoms with Gasteiger partial charge in [-0.15, -0.1) is 0 Å². The van der Waals surface area contributed by atoms with Gasteiger partial charge in [0.05, 0.1) is 6.10 Å². The number of aliphatic hydroxyl groups excluding tert-OH is 1. The van der Waals surface area contributed by atoms with E-state index in [1.165, 1.54) is 25.8 Å². The zero-order valence-corrected chi connectivity index (χ0v) is 9.78. The molecule has 2 aliphatic rings. The van der Waals surface area contributed by atoms with Gasteiger partial charge in [-0.3, -0.25) is 0 Å². The number of aliphatic hydroxyl groups is 1. The lowest BCUT2D eigenvalue weighted by Gasteiger charge is -2.36. The van der Waals surface area contributed by atoms with Crippen LogP contribution in [0.25, 0.3) is 0 Å². The second-order valence-electron chi connectivity index (χ2n) is 5.33. The van der Waals surface area contributed by atoms with Crippen molar-refractivity contribution < 1.29 is 5.11 Å². The van der Waals surface area contributed by atoms with Crippen molar-refractivity contribution in [3.8, 4) is 0 Å². The maximum atomic E-state index is 9.97. The smallest absolute Gasteiger partial charge is 0.0592 e. The summed E-state index contributed by atoms with van der Waals surface area (Å²) in [4.78, 5) is 2.35. The van der Waals surface area contributed by atoms with Crippen molar-refractivity contribution in [2.24, 2.45) is 11.8 Å². The molecule has 0 saturated carbocycles. The summed E-state index contributed by atoms with van der Waals surface area (Å²) in [6, 6.07) is 0. The van der Waals surface area contributed by atoms with E-state index in [0.29, 0.717) is 5.92 Å². The third kappa shape index (κ3) is 3.16. The molecule has 0 aliphatic carbocycles. The Hall–Kier alpha value is -0.120. The summed E-state index contributed by atoms with van der Waals surface area (Å²) in [7, 11) is 2.16. The molecule has 2 N–H and O–H groups in total. The maximum absolute atomic E-state index is 9.97. The standard InChI is InChI=1S/C12H24N2O/c1-14-6-4-12(15)11(9-14)7-10-3-2-5-13-8-10/h10-13,15H,2-9H2,1H3/t10-,11+,12+/m1/s1. The molecule has 2 saturated heterocycles. The van der Waals surface area contributed by atoms with E-state index < -0.39 is 0 Å². The number of nitrogens with one attached hydrogen (secondary N) is 1. The quantitative estimate of drug-likeness (QED) is 0.707. The van der Waals surface area contributed by atoms with E-state index in [1.807, 2.05) is 0 Å². The first-order valence-electron chi connectivity index (χ1n) is 6.33. The van der Waals surface area contributed by atoms with Crippen LogP contribution in [-0.4, -0.2) is 49.3 Å². The van der Waals surface area contributed by atoms with E-state index in [-0.39, 0.29) is 6.10 Å². The fraction of sp³-hybridized carbons (Fsp3) is 1.00. The van der Waals surface area contributed by atoms with Crippen molar-refractivity contribution in [2.75, 3.05) is 33.2 Å². The lowest BCUT2D eigenvalue weighted by atomic mass is 9.83. The Bertz CT molecular complexity index is 192. The highest BCUT2D eigenvalue weighted by molar-refractivity contribution is 4.82. The summed E-state index contributed by atoms with van der Waals surface area (Å²) in [6.07, 6.45) is 4.77. The van der Waals surface area contributed by atoms with Gasteiger partial charge in [-0.25, -0.2) is 0 Å². The van der Waals surface area contributed by atoms with Gasteiger partial charge in [0.15, 0.2) is 0 Å². The molecule has 0 radical (unpaired) electrons. The highest BCUT2D eigenvalue weighted by atomic mass is 16.3. The predicted molar refractivity (Wildman–Crippen MR) is 61.8 cm³/mol. The van der Waals surface area contributed by atoms with E-state index in [4.69, 9.17) is 0 Å². The van der Waals surface area contributed by atoms with Crippen molar-refractivity contribution in [3.63, 3.8) is 0 Å². The molecule has 2 fully saturated rings. The van der Waals surface area contributed by atoms with Crippen molar-refractivity contribution in [1.82, 2.24) is 10.2 Å². The van der Waals surface area contributed by atoms with Gasteiger partial charge in [0, 0.05) is 13.1 Å². The van der Waals surface area contributed by atoms with Crippen molar-refractivity contribution in [3.05, 3.63) is 0 Å². The first-order valence-corrected chi connectivity index (χ1v) is 6.33. The summed E-state index contributed by atoms with van der Waals surface area (Å²) in [5.41, 5.74) is 0. The number of rotatable bonds is 2. The highest BCUT2D eigenvalue weighted by Crippen LogP contribution is 2.26. The first kappa shape index (κ1) is 11.4. The molecular weight excluding hydrogens is 188 g/mol. The largest absolute Gasteiger partial charge is 0.393 e. The lowest BCUT2D eigenvalue weighted by Crippen LogP contribution is -2.43. The van der Waals surface area contributed by atoms with Crippen LogP contribution in [0.15, 0.2) is 0 Å². The zero-order valence-electron chi connectivity index (χ0n) is 9.78. The van der Waals surface area contributed by atoms with Crippen LogP contribution in [0, 0.1) is 11.8 Å². The average molecular weight is 212 g/mol. The van der Waals surface area contributed by atoms with Gasteiger partial charge >= 0.3 is 0 Å². The van der Waals surface area contributed by atoms with E-state index in [0.717, 1.165) is 32.0 Å². The topological polar surface area (TPSA) is 35.5 Å². The predicted octanol–water partition coefficient (Wildman–Crippen LogP) is 0.689. The minimum Gasteiger partial charge on any atom is -0.393 e. The van der Waals surface area contributed by atoms with Crippen LogP contribution in [-0.2, 0) is 0 Å². The molecule has 0 aromatic carbocycles. The fourth-order valence-electron chi connectivity index (χ4n) is 2.99. The minimum atomic E-state index is -0.0527. The van der Waals surface area contributed by atoms with Gasteiger partial charge in [0.25, 0.3) is 0 Å².